The van der Waals surface area contributed by atoms with E-state index in [-0.39, 0.29) is 0 Å². The van der Waals surface area contributed by atoms with Crippen LogP contribution in [0.3, 0.4) is 0 Å². The molecule has 2 N–H and O–H groups in total. The van der Waals surface area contributed by atoms with E-state index >= 15 is 0 Å². The Morgan fingerprint density at radius 3 is 3.00 bits per heavy atom. The van der Waals surface area contributed by atoms with E-state index in [9.17, 15) is 0 Å². The Morgan fingerprint density at radius 1 is 1.21 bits per heavy atom. The van der Waals surface area contributed by atoms with E-state index in [0.717, 1.165) is 31.9 Å². The van der Waals surface area contributed by atoms with Gasteiger partial charge in [0, 0.05) is 37.0 Å². The maximum atomic E-state index is 4.69. The highest BCUT2D eigenvalue weighted by atomic mass is 15.4. The van der Waals surface area contributed by atoms with Crippen LogP contribution in [0.2, 0.25) is 0 Å². The highest BCUT2D eigenvalue weighted by Crippen LogP contribution is 2.33. The summed E-state index contributed by atoms with van der Waals surface area (Å²) in [5.74, 6) is 2.76. The van der Waals surface area contributed by atoms with Crippen molar-refractivity contribution in [1.29, 1.82) is 0 Å². The molecule has 0 radical (unpaired) electrons. The Balaban J connectivity index is 1.66. The van der Waals surface area contributed by atoms with Gasteiger partial charge in [-0.2, -0.15) is 5.10 Å². The molecular weight excluding hydrogens is 238 g/mol. The quantitative estimate of drug-likeness (QED) is 0.816. The van der Waals surface area contributed by atoms with Gasteiger partial charge in [0.15, 0.2) is 5.82 Å². The molecule has 2 aliphatic rings. The molecule has 5 nitrogen and oxygen atoms in total. The van der Waals surface area contributed by atoms with Crippen molar-refractivity contribution in [2.45, 2.75) is 25.3 Å². The number of pyridine rings is 1. The van der Waals surface area contributed by atoms with E-state index in [0.29, 0.717) is 5.92 Å². The van der Waals surface area contributed by atoms with Crippen molar-refractivity contribution in [3.8, 4) is 0 Å². The third kappa shape index (κ3) is 1.77. The first-order valence-corrected chi connectivity index (χ1v) is 6.89. The first kappa shape index (κ1) is 10.8. The van der Waals surface area contributed by atoms with Gasteiger partial charge in [0.05, 0.1) is 6.54 Å². The summed E-state index contributed by atoms with van der Waals surface area (Å²) in [6.07, 6.45) is 6.05. The molecule has 0 fully saturated rings. The average molecular weight is 255 g/mol. The Morgan fingerprint density at radius 2 is 2.11 bits per heavy atom. The summed E-state index contributed by atoms with van der Waals surface area (Å²) >= 11 is 0. The molecule has 0 aromatic carbocycles. The zero-order valence-electron chi connectivity index (χ0n) is 10.8. The van der Waals surface area contributed by atoms with Crippen LogP contribution in [0, 0.1) is 0 Å². The van der Waals surface area contributed by atoms with Crippen LogP contribution in [-0.4, -0.2) is 27.9 Å². The molecular formula is C14H17N5. The predicted molar refractivity (Wildman–Crippen MR) is 74.5 cm³/mol. The lowest BCUT2D eigenvalue weighted by Crippen LogP contribution is -2.26. The Kier molecular flexibility index (Phi) is 2.43. The molecule has 98 valence electrons. The van der Waals surface area contributed by atoms with Crippen molar-refractivity contribution in [1.82, 2.24) is 14.8 Å². The molecule has 5 heteroatoms. The highest BCUT2D eigenvalue weighted by molar-refractivity contribution is 5.61. The van der Waals surface area contributed by atoms with Crippen LogP contribution in [0.25, 0.3) is 0 Å². The molecule has 0 amide bonds. The van der Waals surface area contributed by atoms with Gasteiger partial charge in [0.25, 0.3) is 0 Å². The van der Waals surface area contributed by atoms with E-state index in [2.05, 4.69) is 32.4 Å². The lowest BCUT2D eigenvalue weighted by Gasteiger charge is -2.26. The molecule has 1 atom stereocenters. The second kappa shape index (κ2) is 4.26. The molecule has 2 aromatic rings. The van der Waals surface area contributed by atoms with Crippen LogP contribution < -0.4 is 10.6 Å². The molecule has 1 unspecified atom stereocenters. The molecule has 4 heterocycles. The third-order valence-electron chi connectivity index (χ3n) is 4.03. The number of hydrogen-bond donors (Lipinski definition) is 2. The number of rotatable bonds is 1. The lowest BCUT2D eigenvalue weighted by molar-refractivity contribution is 0.506. The van der Waals surface area contributed by atoms with Gasteiger partial charge in [-0.15, -0.1) is 0 Å². The van der Waals surface area contributed by atoms with Crippen LogP contribution >= 0.6 is 0 Å². The number of fused-ring (bicyclic) bond motifs is 3. The summed E-state index contributed by atoms with van der Waals surface area (Å²) in [5, 5.41) is 11.6. The average Bonchev–Trinajstić information content (AvgIpc) is 2.86. The monoisotopic (exact) mass is 255 g/mol. The number of aromatic nitrogens is 3. The fourth-order valence-corrected chi connectivity index (χ4v) is 3.03. The van der Waals surface area contributed by atoms with E-state index in [1.807, 2.05) is 12.4 Å². The Labute approximate surface area is 112 Å². The predicted octanol–water partition coefficient (Wildman–Crippen LogP) is 1.85. The maximum absolute atomic E-state index is 4.69. The molecule has 19 heavy (non-hydrogen) atoms. The summed E-state index contributed by atoms with van der Waals surface area (Å²) in [5.41, 5.74) is 2.69. The van der Waals surface area contributed by atoms with Gasteiger partial charge in [0.2, 0.25) is 0 Å². The first-order valence-electron chi connectivity index (χ1n) is 6.89. The number of anilines is 2. The normalized spacial score (nSPS) is 20.9. The summed E-state index contributed by atoms with van der Waals surface area (Å²) in [6.45, 7) is 2.96. The standard InChI is InChI=1S/C14H17N5/c1-2-12-13(16-5-1)18-19-9-11(8-17-14(12)19)10-3-6-15-7-4-10/h3-4,6-7,11,17H,1-2,5,8-9H2,(H,16,18). The fraction of sp³-hybridized carbons (Fsp3) is 0.429. The third-order valence-corrected chi connectivity index (χ3v) is 4.03. The second-order valence-corrected chi connectivity index (χ2v) is 5.25. The largest absolute Gasteiger partial charge is 0.369 e. The number of nitrogens with zero attached hydrogens (tertiary/aromatic N) is 3. The Bertz CT molecular complexity index is 589. The van der Waals surface area contributed by atoms with Gasteiger partial charge >= 0.3 is 0 Å². The molecule has 0 saturated carbocycles. The van der Waals surface area contributed by atoms with Crippen LogP contribution in [0.15, 0.2) is 24.5 Å². The SMILES string of the molecule is c1cc(C2CNc3c4c(nn3C2)NCCC4)ccn1. The molecule has 0 aliphatic carbocycles. The highest BCUT2D eigenvalue weighted by Gasteiger charge is 2.26. The Hall–Kier alpha value is -2.04. The molecule has 0 bridgehead atoms. The minimum atomic E-state index is 0.469. The van der Waals surface area contributed by atoms with E-state index in [1.54, 1.807) is 0 Å². The van der Waals surface area contributed by atoms with E-state index in [1.165, 1.54) is 23.4 Å². The summed E-state index contributed by atoms with van der Waals surface area (Å²) in [4.78, 5) is 4.08. The van der Waals surface area contributed by atoms with Crippen molar-refractivity contribution >= 4 is 11.6 Å². The van der Waals surface area contributed by atoms with Crippen molar-refractivity contribution < 1.29 is 0 Å². The van der Waals surface area contributed by atoms with Crippen LogP contribution in [0.4, 0.5) is 11.6 Å². The molecule has 0 saturated heterocycles. The van der Waals surface area contributed by atoms with Gasteiger partial charge < -0.3 is 10.6 Å². The van der Waals surface area contributed by atoms with Crippen LogP contribution in [0.1, 0.15) is 23.5 Å². The first-order chi connectivity index (χ1) is 9.42. The van der Waals surface area contributed by atoms with Gasteiger partial charge in [-0.05, 0) is 30.5 Å². The summed E-state index contributed by atoms with van der Waals surface area (Å²) in [6, 6.07) is 4.19. The minimum absolute atomic E-state index is 0.469. The second-order valence-electron chi connectivity index (χ2n) is 5.25. The fourth-order valence-electron chi connectivity index (χ4n) is 3.03. The molecule has 4 rings (SSSR count). The molecule has 2 aliphatic heterocycles. The van der Waals surface area contributed by atoms with Gasteiger partial charge in [-0.3, -0.25) is 4.98 Å². The number of hydrogen-bond acceptors (Lipinski definition) is 4. The van der Waals surface area contributed by atoms with Crippen LogP contribution in [-0.2, 0) is 13.0 Å². The molecule has 0 spiro atoms. The van der Waals surface area contributed by atoms with Crippen molar-refractivity contribution in [3.05, 3.63) is 35.7 Å². The zero-order chi connectivity index (χ0) is 12.7. The van der Waals surface area contributed by atoms with Crippen molar-refractivity contribution in [3.63, 3.8) is 0 Å². The lowest BCUT2D eigenvalue weighted by atomic mass is 9.98. The zero-order valence-corrected chi connectivity index (χ0v) is 10.8. The van der Waals surface area contributed by atoms with Crippen molar-refractivity contribution in [2.24, 2.45) is 0 Å². The van der Waals surface area contributed by atoms with E-state index < -0.39 is 0 Å². The summed E-state index contributed by atoms with van der Waals surface area (Å²) in [7, 11) is 0. The van der Waals surface area contributed by atoms with E-state index in [4.69, 9.17) is 5.10 Å². The topological polar surface area (TPSA) is 54.8 Å². The minimum Gasteiger partial charge on any atom is -0.369 e. The van der Waals surface area contributed by atoms with Crippen molar-refractivity contribution in [2.75, 3.05) is 23.7 Å². The van der Waals surface area contributed by atoms with Crippen LogP contribution in [0.5, 0.6) is 0 Å². The molecule has 2 aromatic heterocycles. The smallest absolute Gasteiger partial charge is 0.153 e. The van der Waals surface area contributed by atoms with Gasteiger partial charge in [-0.1, -0.05) is 0 Å². The number of nitrogens with one attached hydrogen (secondary N) is 2. The van der Waals surface area contributed by atoms with Gasteiger partial charge in [-0.25, -0.2) is 4.68 Å². The maximum Gasteiger partial charge on any atom is 0.153 e. The summed E-state index contributed by atoms with van der Waals surface area (Å²) < 4.78 is 2.12. The van der Waals surface area contributed by atoms with Gasteiger partial charge in [0.1, 0.15) is 5.82 Å².